The molecule has 0 radical (unpaired) electrons. The van der Waals surface area contributed by atoms with Crippen molar-refractivity contribution in [3.8, 4) is 0 Å². The lowest BCUT2D eigenvalue weighted by Crippen LogP contribution is -2.01. The molecule has 0 amide bonds. The third kappa shape index (κ3) is 2.50. The minimum atomic E-state index is 0.478. The monoisotopic (exact) mass is 304 g/mol. The molecule has 0 spiro atoms. The number of benzene rings is 1. The maximum absolute atomic E-state index is 4.36. The van der Waals surface area contributed by atoms with Gasteiger partial charge in [0.05, 0.1) is 11.8 Å². The van der Waals surface area contributed by atoms with Gasteiger partial charge in [-0.15, -0.1) is 0 Å². The fourth-order valence-electron chi connectivity index (χ4n) is 3.13. The number of aromatic nitrogens is 4. The van der Waals surface area contributed by atoms with E-state index in [-0.39, 0.29) is 0 Å². The molecule has 0 aliphatic rings. The van der Waals surface area contributed by atoms with Gasteiger partial charge in [-0.2, -0.15) is 0 Å². The topological polar surface area (TPSA) is 35.6 Å². The van der Waals surface area contributed by atoms with Crippen LogP contribution in [-0.4, -0.2) is 19.1 Å². The normalized spacial score (nSPS) is 11.8. The Bertz CT molecular complexity index is 962. The van der Waals surface area contributed by atoms with Crippen molar-refractivity contribution in [1.29, 1.82) is 0 Å². The maximum atomic E-state index is 4.36. The van der Waals surface area contributed by atoms with Gasteiger partial charge in [-0.25, -0.2) is 9.97 Å². The van der Waals surface area contributed by atoms with E-state index in [1.165, 1.54) is 16.5 Å². The fraction of sp³-hybridized carbons (Fsp3) is 0.263. The first-order valence-corrected chi connectivity index (χ1v) is 8.08. The smallest absolute Gasteiger partial charge is 0.177 e. The lowest BCUT2D eigenvalue weighted by molar-refractivity contribution is 0.622. The van der Waals surface area contributed by atoms with Crippen LogP contribution in [0.4, 0.5) is 0 Å². The molecular formula is C19H20N4. The summed E-state index contributed by atoms with van der Waals surface area (Å²) in [5.74, 6) is 0. The molecule has 116 valence electrons. The largest absolute Gasteiger partial charge is 0.345 e. The highest BCUT2D eigenvalue weighted by atomic mass is 15.1. The summed E-state index contributed by atoms with van der Waals surface area (Å²) in [7, 11) is 0. The van der Waals surface area contributed by atoms with Crippen LogP contribution in [0.1, 0.15) is 25.5 Å². The van der Waals surface area contributed by atoms with Gasteiger partial charge < -0.3 is 9.13 Å². The number of nitrogens with zero attached hydrogens (tertiary/aromatic N) is 4. The molecule has 0 atom stereocenters. The zero-order valence-corrected chi connectivity index (χ0v) is 13.5. The minimum Gasteiger partial charge on any atom is -0.345 e. The highest BCUT2D eigenvalue weighted by Crippen LogP contribution is 2.22. The van der Waals surface area contributed by atoms with Crippen molar-refractivity contribution in [2.75, 3.05) is 0 Å². The number of aryl methyl sites for hydroxylation is 2. The summed E-state index contributed by atoms with van der Waals surface area (Å²) in [6.45, 7) is 5.35. The summed E-state index contributed by atoms with van der Waals surface area (Å²) in [6.07, 6.45) is 6.83. The van der Waals surface area contributed by atoms with E-state index >= 15 is 0 Å². The Morgan fingerprint density at radius 1 is 1.04 bits per heavy atom. The summed E-state index contributed by atoms with van der Waals surface area (Å²) in [5, 5.41) is 1.31. The highest BCUT2D eigenvalue weighted by Gasteiger charge is 2.06. The molecule has 4 nitrogen and oxygen atoms in total. The van der Waals surface area contributed by atoms with Gasteiger partial charge in [-0.3, -0.25) is 0 Å². The van der Waals surface area contributed by atoms with Crippen molar-refractivity contribution in [2.24, 2.45) is 0 Å². The summed E-state index contributed by atoms with van der Waals surface area (Å²) < 4.78 is 4.50. The summed E-state index contributed by atoms with van der Waals surface area (Å²) in [5.41, 5.74) is 4.58. The molecular weight excluding hydrogens is 284 g/mol. The molecule has 4 aromatic rings. The fourth-order valence-corrected chi connectivity index (χ4v) is 3.13. The van der Waals surface area contributed by atoms with Gasteiger partial charge in [0.1, 0.15) is 0 Å². The van der Waals surface area contributed by atoms with E-state index in [0.29, 0.717) is 6.04 Å². The lowest BCUT2D eigenvalue weighted by Gasteiger charge is -2.10. The van der Waals surface area contributed by atoms with Crippen LogP contribution in [0.3, 0.4) is 0 Å². The van der Waals surface area contributed by atoms with Gasteiger partial charge >= 0.3 is 0 Å². The van der Waals surface area contributed by atoms with Crippen LogP contribution in [-0.2, 0) is 13.0 Å². The average molecular weight is 304 g/mol. The Morgan fingerprint density at radius 3 is 2.83 bits per heavy atom. The van der Waals surface area contributed by atoms with Crippen LogP contribution < -0.4 is 0 Å². The predicted octanol–water partition coefficient (Wildman–Crippen LogP) is 4.21. The third-order valence-corrected chi connectivity index (χ3v) is 4.38. The van der Waals surface area contributed by atoms with Gasteiger partial charge in [0.15, 0.2) is 5.65 Å². The molecule has 4 heteroatoms. The quantitative estimate of drug-likeness (QED) is 0.566. The minimum absolute atomic E-state index is 0.478. The van der Waals surface area contributed by atoms with Crippen LogP contribution in [0.25, 0.3) is 22.1 Å². The standard InChI is InChI=1S/C19H20N4/c1-14(2)23-11-8-16-6-5-15(12-18(16)23)7-10-22-13-21-19-17(22)4-3-9-20-19/h3-6,8-9,11-14H,7,10H2,1-2H3. The van der Waals surface area contributed by atoms with E-state index in [2.05, 4.69) is 69.5 Å². The third-order valence-electron chi connectivity index (χ3n) is 4.38. The number of imidazole rings is 1. The molecule has 0 N–H and O–H groups in total. The first-order valence-electron chi connectivity index (χ1n) is 8.08. The molecule has 1 aromatic carbocycles. The molecule has 3 heterocycles. The second kappa shape index (κ2) is 5.54. The summed E-state index contributed by atoms with van der Waals surface area (Å²) >= 11 is 0. The van der Waals surface area contributed by atoms with E-state index < -0.39 is 0 Å². The van der Waals surface area contributed by atoms with Crippen LogP contribution in [0, 0.1) is 0 Å². The SMILES string of the molecule is CC(C)n1ccc2ccc(CCn3cnc4ncccc43)cc21. The molecule has 0 saturated carbocycles. The number of pyridine rings is 1. The van der Waals surface area contributed by atoms with Crippen LogP contribution >= 0.6 is 0 Å². The predicted molar refractivity (Wildman–Crippen MR) is 93.6 cm³/mol. The molecule has 0 fully saturated rings. The van der Waals surface area contributed by atoms with Crippen LogP contribution in [0.5, 0.6) is 0 Å². The van der Waals surface area contributed by atoms with Gasteiger partial charge in [0.2, 0.25) is 0 Å². The van der Waals surface area contributed by atoms with E-state index in [9.17, 15) is 0 Å². The second-order valence-corrected chi connectivity index (χ2v) is 6.24. The maximum Gasteiger partial charge on any atom is 0.177 e. The first kappa shape index (κ1) is 14.0. The Kier molecular flexibility index (Phi) is 3.37. The lowest BCUT2D eigenvalue weighted by atomic mass is 10.1. The zero-order chi connectivity index (χ0) is 15.8. The van der Waals surface area contributed by atoms with Crippen molar-refractivity contribution in [3.63, 3.8) is 0 Å². The number of hydrogen-bond acceptors (Lipinski definition) is 2. The van der Waals surface area contributed by atoms with Gasteiger partial charge in [0.25, 0.3) is 0 Å². The van der Waals surface area contributed by atoms with Crippen LogP contribution in [0.2, 0.25) is 0 Å². The van der Waals surface area contributed by atoms with Gasteiger partial charge in [0, 0.05) is 30.5 Å². The summed E-state index contributed by atoms with van der Waals surface area (Å²) in [6, 6.07) is 13.5. The first-order chi connectivity index (χ1) is 11.2. The van der Waals surface area contributed by atoms with E-state index in [1.807, 2.05) is 12.4 Å². The molecule has 23 heavy (non-hydrogen) atoms. The second-order valence-electron chi connectivity index (χ2n) is 6.24. The number of hydrogen-bond donors (Lipinski definition) is 0. The molecule has 4 rings (SSSR count). The Morgan fingerprint density at radius 2 is 1.96 bits per heavy atom. The van der Waals surface area contributed by atoms with Gasteiger partial charge in [-0.1, -0.05) is 12.1 Å². The molecule has 0 saturated heterocycles. The number of fused-ring (bicyclic) bond motifs is 2. The molecule has 3 aromatic heterocycles. The zero-order valence-electron chi connectivity index (χ0n) is 13.5. The molecule has 0 unspecified atom stereocenters. The van der Waals surface area contributed by atoms with E-state index in [1.54, 1.807) is 6.20 Å². The Hall–Kier alpha value is -2.62. The van der Waals surface area contributed by atoms with E-state index in [0.717, 1.165) is 24.1 Å². The van der Waals surface area contributed by atoms with Crippen molar-refractivity contribution in [1.82, 2.24) is 19.1 Å². The average Bonchev–Trinajstić information content (AvgIpc) is 3.16. The van der Waals surface area contributed by atoms with Gasteiger partial charge in [-0.05, 0) is 55.5 Å². The van der Waals surface area contributed by atoms with E-state index in [4.69, 9.17) is 0 Å². The Labute approximate surface area is 135 Å². The van der Waals surface area contributed by atoms with Crippen molar-refractivity contribution in [2.45, 2.75) is 32.9 Å². The summed E-state index contributed by atoms with van der Waals surface area (Å²) in [4.78, 5) is 8.64. The molecule has 0 aliphatic carbocycles. The van der Waals surface area contributed by atoms with Crippen molar-refractivity contribution in [3.05, 3.63) is 60.7 Å². The molecule has 0 aliphatic heterocycles. The van der Waals surface area contributed by atoms with Crippen molar-refractivity contribution >= 4 is 22.1 Å². The van der Waals surface area contributed by atoms with Crippen LogP contribution in [0.15, 0.2) is 55.1 Å². The highest BCUT2D eigenvalue weighted by molar-refractivity contribution is 5.81. The molecule has 0 bridgehead atoms. The van der Waals surface area contributed by atoms with Crippen molar-refractivity contribution < 1.29 is 0 Å². The number of rotatable bonds is 4. The Balaban J connectivity index is 1.61.